The zero-order chi connectivity index (χ0) is 23.9. The van der Waals surface area contributed by atoms with Gasteiger partial charge in [-0.2, -0.15) is 0 Å². The summed E-state index contributed by atoms with van der Waals surface area (Å²) in [7, 11) is 0. The number of pyridine rings is 2. The fraction of sp³-hybridized carbons (Fsp3) is 0.214. The number of nitrogens with zero attached hydrogens (tertiary/aromatic N) is 4. The molecule has 3 heterocycles. The molecule has 1 N–H and O–H groups in total. The van der Waals surface area contributed by atoms with Gasteiger partial charge in [-0.05, 0) is 80.1 Å². The molecule has 7 heteroatoms. The highest BCUT2D eigenvalue weighted by Gasteiger charge is 2.23. The van der Waals surface area contributed by atoms with Crippen molar-refractivity contribution in [2.45, 2.75) is 39.2 Å². The van der Waals surface area contributed by atoms with Crippen molar-refractivity contribution in [3.05, 3.63) is 105 Å². The van der Waals surface area contributed by atoms with Crippen molar-refractivity contribution in [2.75, 3.05) is 5.32 Å². The minimum Gasteiger partial charge on any atom is -0.322 e. The molecule has 1 aliphatic carbocycles. The van der Waals surface area contributed by atoms with Crippen LogP contribution in [0.15, 0.2) is 71.7 Å². The van der Waals surface area contributed by atoms with Crippen molar-refractivity contribution in [1.82, 2.24) is 19.2 Å². The fourth-order valence-electron chi connectivity index (χ4n) is 4.98. The van der Waals surface area contributed by atoms with Gasteiger partial charge in [-0.1, -0.05) is 29.8 Å². The molecule has 0 radical (unpaired) electrons. The normalized spacial score (nSPS) is 13.2. The maximum Gasteiger partial charge on any atom is 0.350 e. The van der Waals surface area contributed by atoms with Crippen LogP contribution < -0.4 is 11.0 Å². The summed E-state index contributed by atoms with van der Waals surface area (Å²) in [5, 5.41) is 8.42. The van der Waals surface area contributed by atoms with Gasteiger partial charge in [-0.15, -0.1) is 5.10 Å². The van der Waals surface area contributed by atoms with Gasteiger partial charge >= 0.3 is 5.69 Å². The van der Waals surface area contributed by atoms with Gasteiger partial charge < -0.3 is 5.32 Å². The van der Waals surface area contributed by atoms with Crippen LogP contribution in [-0.4, -0.2) is 25.1 Å². The molecule has 6 rings (SSSR count). The summed E-state index contributed by atoms with van der Waals surface area (Å²) >= 11 is 0. The summed E-state index contributed by atoms with van der Waals surface area (Å²) in [6.45, 7) is 2.35. The smallest absolute Gasteiger partial charge is 0.322 e. The molecule has 0 atom stereocenters. The van der Waals surface area contributed by atoms with Gasteiger partial charge in [-0.3, -0.25) is 14.2 Å². The van der Waals surface area contributed by atoms with E-state index in [2.05, 4.69) is 16.5 Å². The number of nitrogens with one attached hydrogen (secondary N) is 1. The van der Waals surface area contributed by atoms with Crippen LogP contribution in [-0.2, 0) is 19.4 Å². The number of aryl methyl sites for hydroxylation is 2. The molecule has 1 aliphatic rings. The third-order valence-electron chi connectivity index (χ3n) is 6.65. The number of benzene rings is 2. The molecular formula is C28H25N5O2. The first kappa shape index (κ1) is 21.3. The second-order valence-electron chi connectivity index (χ2n) is 9.16. The minimum atomic E-state index is -0.194. The average molecular weight is 464 g/mol. The third-order valence-corrected chi connectivity index (χ3v) is 6.65. The lowest BCUT2D eigenvalue weighted by Gasteiger charge is -2.20. The van der Waals surface area contributed by atoms with Crippen LogP contribution in [0.1, 0.15) is 45.6 Å². The summed E-state index contributed by atoms with van der Waals surface area (Å²) in [5.41, 5.74) is 6.78. The second kappa shape index (κ2) is 8.51. The Balaban J connectivity index is 1.34. The molecule has 0 saturated carbocycles. The summed E-state index contributed by atoms with van der Waals surface area (Å²) in [6.07, 6.45) is 5.65. The summed E-state index contributed by atoms with van der Waals surface area (Å²) in [6, 6.07) is 19.1. The fourth-order valence-corrected chi connectivity index (χ4v) is 4.98. The first-order chi connectivity index (χ1) is 17.1. The summed E-state index contributed by atoms with van der Waals surface area (Å²) in [5.74, 6) is -0.122. The Bertz CT molecular complexity index is 1660. The number of hydrogen-bond donors (Lipinski definition) is 1. The van der Waals surface area contributed by atoms with E-state index in [-0.39, 0.29) is 11.6 Å². The lowest BCUT2D eigenvalue weighted by atomic mass is 9.89. The quantitative estimate of drug-likeness (QED) is 0.425. The first-order valence-corrected chi connectivity index (χ1v) is 11.9. The van der Waals surface area contributed by atoms with E-state index in [1.54, 1.807) is 18.3 Å². The van der Waals surface area contributed by atoms with E-state index in [0.29, 0.717) is 17.9 Å². The van der Waals surface area contributed by atoms with Crippen molar-refractivity contribution >= 4 is 28.1 Å². The molecule has 0 unspecified atom stereocenters. The first-order valence-electron chi connectivity index (χ1n) is 11.9. The summed E-state index contributed by atoms with van der Waals surface area (Å²) < 4.78 is 2.96. The predicted octanol–water partition coefficient (Wildman–Crippen LogP) is 4.53. The van der Waals surface area contributed by atoms with Crippen LogP contribution in [0.4, 0.5) is 5.69 Å². The van der Waals surface area contributed by atoms with Crippen LogP contribution in [0, 0.1) is 6.92 Å². The number of anilines is 1. The van der Waals surface area contributed by atoms with E-state index in [4.69, 9.17) is 4.98 Å². The zero-order valence-electron chi connectivity index (χ0n) is 19.5. The Kier molecular flexibility index (Phi) is 5.17. The van der Waals surface area contributed by atoms with Crippen molar-refractivity contribution in [2.24, 2.45) is 0 Å². The van der Waals surface area contributed by atoms with E-state index < -0.39 is 0 Å². The van der Waals surface area contributed by atoms with E-state index in [9.17, 15) is 9.59 Å². The number of aromatic nitrogens is 4. The number of fused-ring (bicyclic) bond motifs is 3. The standard InChI is InChI=1S/C28H25N5O2/c1-18-12-13-24-22(15-18)26(21-9-2-3-10-23(21)30-24)27(34)29-20-8-6-7-19(16-20)17-33-28(35)32-14-5-4-11-25(32)31-33/h4-8,11-16H,2-3,9-10,17H2,1H3,(H,29,34). The van der Waals surface area contributed by atoms with E-state index in [1.807, 2.05) is 49.4 Å². The summed E-state index contributed by atoms with van der Waals surface area (Å²) in [4.78, 5) is 31.2. The molecule has 3 aromatic heterocycles. The van der Waals surface area contributed by atoms with E-state index in [1.165, 1.54) is 9.08 Å². The number of amides is 1. The molecular weight excluding hydrogens is 438 g/mol. The minimum absolute atomic E-state index is 0.122. The molecule has 1 amide bonds. The molecule has 0 fully saturated rings. The van der Waals surface area contributed by atoms with Gasteiger partial charge in [-0.25, -0.2) is 9.48 Å². The molecule has 5 aromatic rings. The highest BCUT2D eigenvalue weighted by Crippen LogP contribution is 2.30. The number of carbonyl (C=O) groups excluding carboxylic acids is 1. The number of hydrogen-bond acceptors (Lipinski definition) is 4. The average Bonchev–Trinajstić information content (AvgIpc) is 3.18. The molecule has 2 aromatic carbocycles. The SMILES string of the molecule is Cc1ccc2nc3c(c(C(=O)Nc4cccc(Cn5nc6ccccn6c5=O)c4)c2c1)CCCC3. The topological polar surface area (TPSA) is 81.3 Å². The molecule has 174 valence electrons. The molecule has 0 aliphatic heterocycles. The van der Waals surface area contributed by atoms with Crippen LogP contribution in [0.2, 0.25) is 0 Å². The van der Waals surface area contributed by atoms with Gasteiger partial charge in [0.25, 0.3) is 5.91 Å². The lowest BCUT2D eigenvalue weighted by Crippen LogP contribution is -2.22. The third kappa shape index (κ3) is 3.89. The molecule has 0 saturated heterocycles. The van der Waals surface area contributed by atoms with Crippen LogP contribution >= 0.6 is 0 Å². The Morgan fingerprint density at radius 2 is 1.91 bits per heavy atom. The highest BCUT2D eigenvalue weighted by molar-refractivity contribution is 6.13. The maximum absolute atomic E-state index is 13.6. The Morgan fingerprint density at radius 3 is 2.80 bits per heavy atom. The van der Waals surface area contributed by atoms with Crippen LogP contribution in [0.25, 0.3) is 16.6 Å². The predicted molar refractivity (Wildman–Crippen MR) is 136 cm³/mol. The van der Waals surface area contributed by atoms with Crippen LogP contribution in [0.3, 0.4) is 0 Å². The van der Waals surface area contributed by atoms with Gasteiger partial charge in [0.2, 0.25) is 0 Å². The monoisotopic (exact) mass is 463 g/mol. The van der Waals surface area contributed by atoms with Crippen molar-refractivity contribution in [1.29, 1.82) is 0 Å². The van der Waals surface area contributed by atoms with Crippen molar-refractivity contribution < 1.29 is 4.79 Å². The van der Waals surface area contributed by atoms with Gasteiger partial charge in [0, 0.05) is 23.0 Å². The Morgan fingerprint density at radius 1 is 1.03 bits per heavy atom. The largest absolute Gasteiger partial charge is 0.350 e. The Labute approximate surface area is 202 Å². The second-order valence-corrected chi connectivity index (χ2v) is 9.16. The molecule has 35 heavy (non-hydrogen) atoms. The molecule has 0 bridgehead atoms. The number of rotatable bonds is 4. The van der Waals surface area contributed by atoms with Gasteiger partial charge in [0.15, 0.2) is 5.65 Å². The van der Waals surface area contributed by atoms with Crippen molar-refractivity contribution in [3.63, 3.8) is 0 Å². The Hall–Kier alpha value is -4.26. The highest BCUT2D eigenvalue weighted by atomic mass is 16.2. The molecule has 7 nitrogen and oxygen atoms in total. The number of carbonyl (C=O) groups is 1. The maximum atomic E-state index is 13.6. The van der Waals surface area contributed by atoms with Gasteiger partial charge in [0.05, 0.1) is 17.6 Å². The lowest BCUT2D eigenvalue weighted by molar-refractivity contribution is 0.102. The molecule has 0 spiro atoms. The van der Waals surface area contributed by atoms with Gasteiger partial charge in [0.1, 0.15) is 0 Å². The van der Waals surface area contributed by atoms with Crippen LogP contribution in [0.5, 0.6) is 0 Å². The van der Waals surface area contributed by atoms with E-state index >= 15 is 0 Å². The zero-order valence-corrected chi connectivity index (χ0v) is 19.5. The van der Waals surface area contributed by atoms with Crippen molar-refractivity contribution in [3.8, 4) is 0 Å². The van der Waals surface area contributed by atoms with E-state index in [0.717, 1.165) is 64.5 Å².